The molecule has 1 aromatic heterocycles. The van der Waals surface area contributed by atoms with E-state index < -0.39 is 0 Å². The predicted molar refractivity (Wildman–Crippen MR) is 89.4 cm³/mol. The lowest BCUT2D eigenvalue weighted by Crippen LogP contribution is -2.44. The average Bonchev–Trinajstić information content (AvgIpc) is 2.99. The van der Waals surface area contributed by atoms with Crippen LogP contribution in [-0.4, -0.2) is 31.1 Å². The maximum Gasteiger partial charge on any atom is 0.0410 e. The average molecular weight is 295 g/mol. The molecular weight excluding hydrogens is 264 g/mol. The van der Waals surface area contributed by atoms with Crippen LogP contribution in [0.2, 0.25) is 0 Å². The molecule has 1 aromatic rings. The maximum atomic E-state index is 3.78. The summed E-state index contributed by atoms with van der Waals surface area (Å²) in [7, 11) is 2.29. The molecule has 3 heteroatoms. The van der Waals surface area contributed by atoms with Gasteiger partial charge >= 0.3 is 0 Å². The smallest absolute Gasteiger partial charge is 0.0410 e. The van der Waals surface area contributed by atoms with E-state index in [4.69, 9.17) is 0 Å². The molecule has 114 valence electrons. The van der Waals surface area contributed by atoms with E-state index in [-0.39, 0.29) is 0 Å². The number of nitrogens with zero attached hydrogens (tertiary/aromatic N) is 1. The van der Waals surface area contributed by atoms with E-state index in [2.05, 4.69) is 48.6 Å². The van der Waals surface area contributed by atoms with Crippen molar-refractivity contribution in [2.24, 2.45) is 5.92 Å². The van der Waals surface area contributed by atoms with Crippen molar-refractivity contribution >= 4 is 11.3 Å². The van der Waals surface area contributed by atoms with Gasteiger partial charge in [0.1, 0.15) is 0 Å². The quantitative estimate of drug-likeness (QED) is 0.806. The predicted octanol–water partition coefficient (Wildman–Crippen LogP) is 4.30. The summed E-state index contributed by atoms with van der Waals surface area (Å²) >= 11 is 1.88. The zero-order valence-corrected chi connectivity index (χ0v) is 14.1. The van der Waals surface area contributed by atoms with Crippen molar-refractivity contribution in [2.45, 2.75) is 58.0 Å². The fraction of sp³-hybridized carbons (Fsp3) is 0.765. The van der Waals surface area contributed by atoms with Gasteiger partial charge in [0, 0.05) is 23.5 Å². The van der Waals surface area contributed by atoms with Gasteiger partial charge in [-0.1, -0.05) is 25.8 Å². The molecule has 0 amide bonds. The van der Waals surface area contributed by atoms with E-state index in [0.29, 0.717) is 6.04 Å². The van der Waals surface area contributed by atoms with E-state index >= 15 is 0 Å². The fourth-order valence-electron chi connectivity index (χ4n) is 3.30. The van der Waals surface area contributed by atoms with Gasteiger partial charge in [0.15, 0.2) is 0 Å². The first-order chi connectivity index (χ1) is 9.72. The number of hydrogen-bond acceptors (Lipinski definition) is 3. The molecule has 3 atom stereocenters. The molecule has 1 N–H and O–H groups in total. The number of hydrogen-bond donors (Lipinski definition) is 1. The second-order valence-electron chi connectivity index (χ2n) is 6.24. The Bertz CT molecular complexity index is 363. The van der Waals surface area contributed by atoms with Gasteiger partial charge < -0.3 is 5.32 Å². The molecule has 1 heterocycles. The molecule has 2 nitrogen and oxygen atoms in total. The van der Waals surface area contributed by atoms with Crippen molar-refractivity contribution in [2.75, 3.05) is 20.1 Å². The van der Waals surface area contributed by atoms with Gasteiger partial charge in [0.05, 0.1) is 0 Å². The SMILES string of the molecule is CCCNC1CCCCC1CN(C)C(C)c1cccs1. The third-order valence-corrected chi connectivity index (χ3v) is 5.75. The van der Waals surface area contributed by atoms with E-state index in [9.17, 15) is 0 Å². The van der Waals surface area contributed by atoms with E-state index in [0.717, 1.165) is 12.0 Å². The van der Waals surface area contributed by atoms with Gasteiger partial charge in [-0.2, -0.15) is 0 Å². The zero-order valence-electron chi connectivity index (χ0n) is 13.3. The van der Waals surface area contributed by atoms with Gasteiger partial charge in [0.25, 0.3) is 0 Å². The monoisotopic (exact) mass is 294 g/mol. The molecular formula is C17H30N2S. The summed E-state index contributed by atoms with van der Waals surface area (Å²) in [6, 6.07) is 5.71. The van der Waals surface area contributed by atoms with Crippen molar-refractivity contribution in [3.63, 3.8) is 0 Å². The van der Waals surface area contributed by atoms with Crippen LogP contribution in [0.15, 0.2) is 17.5 Å². The highest BCUT2D eigenvalue weighted by atomic mass is 32.1. The first-order valence-electron chi connectivity index (χ1n) is 8.19. The largest absolute Gasteiger partial charge is 0.314 e. The third kappa shape index (κ3) is 4.31. The lowest BCUT2D eigenvalue weighted by atomic mass is 9.84. The van der Waals surface area contributed by atoms with Gasteiger partial charge in [-0.15, -0.1) is 11.3 Å². The number of thiophene rings is 1. The van der Waals surface area contributed by atoms with Crippen molar-refractivity contribution in [3.8, 4) is 0 Å². The number of nitrogens with one attached hydrogen (secondary N) is 1. The number of rotatable bonds is 7. The van der Waals surface area contributed by atoms with Crippen molar-refractivity contribution in [1.82, 2.24) is 10.2 Å². The third-order valence-electron chi connectivity index (χ3n) is 4.70. The molecule has 3 unspecified atom stereocenters. The molecule has 0 bridgehead atoms. The summed E-state index contributed by atoms with van der Waals surface area (Å²) in [6.45, 7) is 6.99. The summed E-state index contributed by atoms with van der Waals surface area (Å²) in [5, 5.41) is 5.96. The minimum absolute atomic E-state index is 0.545. The molecule has 1 fully saturated rings. The first kappa shape index (κ1) is 16.0. The standard InChI is InChI=1S/C17H30N2S/c1-4-11-18-16-9-6-5-8-15(16)13-19(3)14(2)17-10-7-12-20-17/h7,10,12,14-16,18H,4-6,8-9,11,13H2,1-3H3. The summed E-state index contributed by atoms with van der Waals surface area (Å²) in [5.41, 5.74) is 0. The summed E-state index contributed by atoms with van der Waals surface area (Å²) in [4.78, 5) is 4.03. The van der Waals surface area contributed by atoms with Crippen LogP contribution in [0.1, 0.15) is 56.9 Å². The normalized spacial score (nSPS) is 25.0. The van der Waals surface area contributed by atoms with Crippen LogP contribution in [0, 0.1) is 5.92 Å². The first-order valence-corrected chi connectivity index (χ1v) is 9.07. The van der Waals surface area contributed by atoms with E-state index in [1.165, 1.54) is 50.1 Å². The summed E-state index contributed by atoms with van der Waals surface area (Å²) in [5.74, 6) is 0.822. The minimum Gasteiger partial charge on any atom is -0.314 e. The van der Waals surface area contributed by atoms with E-state index in [1.807, 2.05) is 11.3 Å². The molecule has 1 aliphatic carbocycles. The lowest BCUT2D eigenvalue weighted by molar-refractivity contribution is 0.162. The van der Waals surface area contributed by atoms with E-state index in [1.54, 1.807) is 0 Å². The summed E-state index contributed by atoms with van der Waals surface area (Å²) in [6.07, 6.45) is 6.82. The highest BCUT2D eigenvalue weighted by Crippen LogP contribution is 2.29. The fourth-order valence-corrected chi connectivity index (χ4v) is 4.15. The van der Waals surface area contributed by atoms with Crippen LogP contribution in [0.5, 0.6) is 0 Å². The lowest BCUT2D eigenvalue weighted by Gasteiger charge is -2.36. The zero-order chi connectivity index (χ0) is 14.4. The van der Waals surface area contributed by atoms with Crippen LogP contribution in [0.4, 0.5) is 0 Å². The molecule has 0 radical (unpaired) electrons. The van der Waals surface area contributed by atoms with Crippen LogP contribution >= 0.6 is 11.3 Å². The maximum absolute atomic E-state index is 3.78. The van der Waals surface area contributed by atoms with Crippen LogP contribution in [0.3, 0.4) is 0 Å². The highest BCUT2D eigenvalue weighted by Gasteiger charge is 2.27. The molecule has 0 saturated heterocycles. The Kier molecular flexibility index (Phi) is 6.53. The molecule has 0 aliphatic heterocycles. The molecule has 20 heavy (non-hydrogen) atoms. The van der Waals surface area contributed by atoms with Crippen molar-refractivity contribution in [1.29, 1.82) is 0 Å². The Morgan fingerprint density at radius 1 is 1.40 bits per heavy atom. The van der Waals surface area contributed by atoms with Crippen molar-refractivity contribution < 1.29 is 0 Å². The molecule has 0 aromatic carbocycles. The molecule has 0 spiro atoms. The second kappa shape index (κ2) is 8.16. The highest BCUT2D eigenvalue weighted by molar-refractivity contribution is 7.10. The minimum atomic E-state index is 0.545. The van der Waals surface area contributed by atoms with Gasteiger partial charge in [-0.05, 0) is 57.1 Å². The second-order valence-corrected chi connectivity index (χ2v) is 7.22. The molecule has 2 rings (SSSR count). The summed E-state index contributed by atoms with van der Waals surface area (Å²) < 4.78 is 0. The topological polar surface area (TPSA) is 15.3 Å². The van der Waals surface area contributed by atoms with Gasteiger partial charge in [-0.25, -0.2) is 0 Å². The Balaban J connectivity index is 1.88. The van der Waals surface area contributed by atoms with Crippen LogP contribution in [0.25, 0.3) is 0 Å². The van der Waals surface area contributed by atoms with Crippen LogP contribution in [-0.2, 0) is 0 Å². The Labute approximate surface area is 128 Å². The molecule has 1 aliphatic rings. The molecule has 1 saturated carbocycles. The Morgan fingerprint density at radius 3 is 2.90 bits per heavy atom. The Hall–Kier alpha value is -0.380. The Morgan fingerprint density at radius 2 is 2.20 bits per heavy atom. The van der Waals surface area contributed by atoms with Crippen molar-refractivity contribution in [3.05, 3.63) is 22.4 Å². The van der Waals surface area contributed by atoms with Gasteiger partial charge in [-0.3, -0.25) is 4.90 Å². The van der Waals surface area contributed by atoms with Gasteiger partial charge in [0.2, 0.25) is 0 Å². The van der Waals surface area contributed by atoms with Crippen LogP contribution < -0.4 is 5.32 Å².